The van der Waals surface area contributed by atoms with Gasteiger partial charge < -0.3 is 9.80 Å². The van der Waals surface area contributed by atoms with Crippen molar-refractivity contribution in [3.63, 3.8) is 0 Å². The van der Waals surface area contributed by atoms with Gasteiger partial charge in [-0.1, -0.05) is 148 Å². The van der Waals surface area contributed by atoms with Gasteiger partial charge in [-0.3, -0.25) is 0 Å². The van der Waals surface area contributed by atoms with E-state index >= 15 is 0 Å². The first-order valence-corrected chi connectivity index (χ1v) is 22.8. The van der Waals surface area contributed by atoms with Crippen molar-refractivity contribution in [1.82, 2.24) is 0 Å². The Hall–Kier alpha value is -5.90. The van der Waals surface area contributed by atoms with Crippen LogP contribution in [-0.4, -0.2) is 0 Å². The molecule has 0 saturated heterocycles. The van der Waals surface area contributed by atoms with Crippen LogP contribution in [0.15, 0.2) is 170 Å². The first kappa shape index (κ1) is 36.2. The normalized spacial score (nSPS) is 15.3. The van der Waals surface area contributed by atoms with Gasteiger partial charge in [0.1, 0.15) is 0 Å². The lowest BCUT2D eigenvalue weighted by molar-refractivity contribution is 0.443. The monoisotopic (exact) mass is 782 g/mol. The Morgan fingerprint density at radius 3 is 1.12 bits per heavy atom. The van der Waals surface area contributed by atoms with Crippen LogP contribution in [0.2, 0.25) is 0 Å². The SMILES string of the molecule is c1ccc(N(c2ccc(C3CCCCC3)cc2)c2cc3ccccc3c3c2sc2c(N(c4ccccc4)c4ccc(C5CCCCC5)cc4)cc4ccccc4c23)cc1. The first-order chi connectivity index (χ1) is 29.3. The average molecular weight is 783 g/mol. The molecule has 9 aromatic rings. The molecule has 0 unspecified atom stereocenters. The summed E-state index contributed by atoms with van der Waals surface area (Å²) in [6, 6.07) is 64.1. The molecule has 2 aliphatic rings. The summed E-state index contributed by atoms with van der Waals surface area (Å²) in [6.07, 6.45) is 13.3. The molecule has 2 nitrogen and oxygen atoms in total. The summed E-state index contributed by atoms with van der Waals surface area (Å²) in [5.74, 6) is 1.33. The molecule has 8 aromatic carbocycles. The van der Waals surface area contributed by atoms with Gasteiger partial charge in [-0.25, -0.2) is 0 Å². The summed E-state index contributed by atoms with van der Waals surface area (Å²) < 4.78 is 2.61. The van der Waals surface area contributed by atoms with Gasteiger partial charge >= 0.3 is 0 Å². The molecule has 1 heterocycles. The van der Waals surface area contributed by atoms with Crippen LogP contribution in [0.4, 0.5) is 34.1 Å². The summed E-state index contributed by atoms with van der Waals surface area (Å²) in [4.78, 5) is 5.02. The van der Waals surface area contributed by atoms with Gasteiger partial charge in [0, 0.05) is 33.5 Å². The number of hydrogen-bond acceptors (Lipinski definition) is 3. The van der Waals surface area contributed by atoms with Crippen molar-refractivity contribution in [2.75, 3.05) is 9.80 Å². The Labute approximate surface area is 352 Å². The summed E-state index contributed by atoms with van der Waals surface area (Å²) in [5.41, 5.74) is 10.1. The molecule has 59 heavy (non-hydrogen) atoms. The smallest absolute Gasteiger partial charge is 0.0646 e. The third-order valence-corrected chi connectivity index (χ3v) is 14.6. The predicted molar refractivity (Wildman–Crippen MR) is 255 cm³/mol. The maximum atomic E-state index is 2.51. The topological polar surface area (TPSA) is 6.48 Å². The Bertz CT molecular complexity index is 2680. The molecule has 2 fully saturated rings. The molecule has 0 bridgehead atoms. The van der Waals surface area contributed by atoms with Crippen LogP contribution in [0.5, 0.6) is 0 Å². The zero-order valence-electron chi connectivity index (χ0n) is 33.7. The molecule has 0 atom stereocenters. The maximum absolute atomic E-state index is 2.51. The third-order valence-electron chi connectivity index (χ3n) is 13.4. The van der Waals surface area contributed by atoms with Crippen molar-refractivity contribution in [1.29, 1.82) is 0 Å². The highest BCUT2D eigenvalue weighted by molar-refractivity contribution is 7.27. The average Bonchev–Trinajstić information content (AvgIpc) is 3.73. The molecule has 0 N–H and O–H groups in total. The third kappa shape index (κ3) is 6.66. The van der Waals surface area contributed by atoms with Gasteiger partial charge in [0.2, 0.25) is 0 Å². The lowest BCUT2D eigenvalue weighted by Crippen LogP contribution is -2.11. The minimum absolute atomic E-state index is 0.667. The van der Waals surface area contributed by atoms with E-state index in [1.165, 1.54) is 151 Å². The number of benzene rings is 8. The molecule has 3 heteroatoms. The number of anilines is 6. The van der Waals surface area contributed by atoms with E-state index < -0.39 is 0 Å². The molecular weight excluding hydrogens is 733 g/mol. The Kier molecular flexibility index (Phi) is 9.63. The zero-order chi connectivity index (χ0) is 39.1. The van der Waals surface area contributed by atoms with Crippen molar-refractivity contribution in [3.05, 3.63) is 181 Å². The number of para-hydroxylation sites is 2. The van der Waals surface area contributed by atoms with E-state index in [1.807, 2.05) is 11.3 Å². The Balaban J connectivity index is 1.17. The second-order valence-corrected chi connectivity index (χ2v) is 18.0. The van der Waals surface area contributed by atoms with Gasteiger partial charge in [0.25, 0.3) is 0 Å². The van der Waals surface area contributed by atoms with Crippen LogP contribution < -0.4 is 9.80 Å². The number of nitrogens with zero attached hydrogens (tertiary/aromatic N) is 2. The largest absolute Gasteiger partial charge is 0.309 e. The number of rotatable bonds is 8. The van der Waals surface area contributed by atoms with E-state index in [1.54, 1.807) is 0 Å². The van der Waals surface area contributed by atoms with E-state index in [4.69, 9.17) is 0 Å². The van der Waals surface area contributed by atoms with Gasteiger partial charge in [-0.05, 0) is 131 Å². The quantitative estimate of drug-likeness (QED) is 0.151. The second kappa shape index (κ2) is 15.7. The van der Waals surface area contributed by atoms with Crippen molar-refractivity contribution in [2.45, 2.75) is 76.0 Å². The fourth-order valence-corrected chi connectivity index (χ4v) is 11.8. The summed E-state index contributed by atoms with van der Waals surface area (Å²) in [5, 5.41) is 7.75. The standard InChI is InChI=1S/C56H50N2S/c1-5-17-39(18-6-1)41-29-33-47(34-30-41)57(45-23-9-3-10-24-45)51-37-43-21-13-15-27-49(43)53-54-50-28-16-14-22-44(50)38-52(56(54)59-55(51)53)58(46-25-11-4-12-26-46)48-35-31-42(32-36-48)40-19-7-2-8-20-40/h3-4,9-16,21-40H,1-2,5-8,17-20H2. The molecule has 0 spiro atoms. The molecule has 0 amide bonds. The first-order valence-electron chi connectivity index (χ1n) is 22.0. The number of hydrogen-bond donors (Lipinski definition) is 0. The molecule has 2 saturated carbocycles. The van der Waals surface area contributed by atoms with Crippen molar-refractivity contribution < 1.29 is 0 Å². The predicted octanol–water partition coefficient (Wildman–Crippen LogP) is 17.4. The lowest BCUT2D eigenvalue weighted by Gasteiger charge is -2.28. The van der Waals surface area contributed by atoms with Crippen molar-refractivity contribution in [3.8, 4) is 0 Å². The van der Waals surface area contributed by atoms with Crippen LogP contribution in [0.3, 0.4) is 0 Å². The van der Waals surface area contributed by atoms with Crippen molar-refractivity contribution in [2.24, 2.45) is 0 Å². The van der Waals surface area contributed by atoms with Crippen LogP contribution in [-0.2, 0) is 0 Å². The zero-order valence-corrected chi connectivity index (χ0v) is 34.5. The molecule has 11 rings (SSSR count). The molecule has 290 valence electrons. The Morgan fingerprint density at radius 2 is 0.712 bits per heavy atom. The summed E-state index contributed by atoms with van der Waals surface area (Å²) in [6.45, 7) is 0. The van der Waals surface area contributed by atoms with Crippen molar-refractivity contribution >= 4 is 87.2 Å². The van der Waals surface area contributed by atoms with Crippen LogP contribution in [0.1, 0.15) is 87.2 Å². The van der Waals surface area contributed by atoms with E-state index in [0.29, 0.717) is 11.8 Å². The number of fused-ring (bicyclic) bond motifs is 7. The second-order valence-electron chi connectivity index (χ2n) is 16.9. The molecule has 1 aromatic heterocycles. The summed E-state index contributed by atoms with van der Waals surface area (Å²) >= 11 is 1.95. The highest BCUT2D eigenvalue weighted by atomic mass is 32.1. The maximum Gasteiger partial charge on any atom is 0.0646 e. The van der Waals surface area contributed by atoms with Gasteiger partial charge in [-0.2, -0.15) is 0 Å². The molecule has 0 aliphatic heterocycles. The molecule has 0 radical (unpaired) electrons. The van der Waals surface area contributed by atoms with Crippen LogP contribution in [0.25, 0.3) is 41.7 Å². The van der Waals surface area contributed by atoms with Crippen LogP contribution in [0, 0.1) is 0 Å². The molecular formula is C56H50N2S. The highest BCUT2D eigenvalue weighted by Gasteiger charge is 2.26. The highest BCUT2D eigenvalue weighted by Crippen LogP contribution is 2.53. The minimum Gasteiger partial charge on any atom is -0.309 e. The fourth-order valence-electron chi connectivity index (χ4n) is 10.4. The number of thiophene rings is 1. The van der Waals surface area contributed by atoms with E-state index in [-0.39, 0.29) is 0 Å². The lowest BCUT2D eigenvalue weighted by atomic mass is 9.84. The van der Waals surface area contributed by atoms with Gasteiger partial charge in [-0.15, -0.1) is 11.3 Å². The van der Waals surface area contributed by atoms with E-state index in [2.05, 4.69) is 180 Å². The minimum atomic E-state index is 0.667. The Morgan fingerprint density at radius 1 is 0.356 bits per heavy atom. The van der Waals surface area contributed by atoms with E-state index in [0.717, 1.165) is 0 Å². The van der Waals surface area contributed by atoms with Gasteiger partial charge in [0.05, 0.1) is 20.8 Å². The van der Waals surface area contributed by atoms with Gasteiger partial charge in [0.15, 0.2) is 0 Å². The summed E-state index contributed by atoms with van der Waals surface area (Å²) in [7, 11) is 0. The fraction of sp³-hybridized carbons (Fsp3) is 0.214. The van der Waals surface area contributed by atoms with E-state index in [9.17, 15) is 0 Å². The molecule has 2 aliphatic carbocycles. The van der Waals surface area contributed by atoms with Crippen LogP contribution >= 0.6 is 11.3 Å².